The fourth-order valence-electron chi connectivity index (χ4n) is 3.49. The second-order valence-electron chi connectivity index (χ2n) is 6.65. The summed E-state index contributed by atoms with van der Waals surface area (Å²) in [7, 11) is 0. The molecule has 4 nitrogen and oxygen atoms in total. The molecule has 1 amide bonds. The zero-order valence-corrected chi connectivity index (χ0v) is 17.1. The van der Waals surface area contributed by atoms with Crippen molar-refractivity contribution in [3.05, 3.63) is 81.4 Å². The first-order chi connectivity index (χ1) is 13.5. The molecule has 0 atom stereocenters. The molecule has 0 radical (unpaired) electrons. The molecule has 0 N–H and O–H groups in total. The van der Waals surface area contributed by atoms with Gasteiger partial charge in [-0.25, -0.2) is 0 Å². The number of hydrogen-bond acceptors (Lipinski definition) is 3. The lowest BCUT2D eigenvalue weighted by molar-refractivity contribution is -0.128. The van der Waals surface area contributed by atoms with Gasteiger partial charge in [-0.1, -0.05) is 53.5 Å². The summed E-state index contributed by atoms with van der Waals surface area (Å²) in [6.45, 7) is 4.29. The Morgan fingerprint density at radius 2 is 1.43 bits per heavy atom. The number of allylic oxidation sites excluding steroid dienone is 1. The first-order valence-electron chi connectivity index (χ1n) is 9.14. The lowest BCUT2D eigenvalue weighted by Crippen LogP contribution is -2.50. The van der Waals surface area contributed by atoms with Gasteiger partial charge < -0.3 is 4.90 Å². The second-order valence-corrected chi connectivity index (χ2v) is 7.52. The van der Waals surface area contributed by atoms with Gasteiger partial charge in [-0.15, -0.1) is 0 Å². The average molecular weight is 414 g/mol. The first kappa shape index (κ1) is 20.4. The van der Waals surface area contributed by atoms with Gasteiger partial charge in [0.25, 0.3) is 5.91 Å². The Morgan fingerprint density at radius 1 is 0.964 bits per heavy atom. The maximum absolute atomic E-state index is 12.4. The minimum Gasteiger partial charge on any atom is -0.335 e. The van der Waals surface area contributed by atoms with E-state index >= 15 is 0 Å². The molecule has 1 aliphatic heterocycles. The van der Waals surface area contributed by atoms with Crippen LogP contribution in [0, 0.1) is 11.3 Å². The summed E-state index contributed by atoms with van der Waals surface area (Å²) in [6, 6.07) is 17.7. The van der Waals surface area contributed by atoms with Gasteiger partial charge in [0.1, 0.15) is 11.6 Å². The number of halogens is 2. The van der Waals surface area contributed by atoms with E-state index in [4.69, 9.17) is 28.5 Å². The number of piperazine rings is 1. The minimum atomic E-state index is -0.195. The zero-order chi connectivity index (χ0) is 20.1. The standard InChI is InChI=1S/C22H21Cl2N3O/c1-2-16(15-25)22(28)27-13-11-26(12-14-27)21(17-3-7-19(23)8-4-17)18-5-9-20(24)10-6-18/h2-10,21H,11-14H2,1H3/b16-2+. The first-order valence-corrected chi connectivity index (χ1v) is 9.89. The number of amides is 1. The van der Waals surface area contributed by atoms with Gasteiger partial charge >= 0.3 is 0 Å². The van der Waals surface area contributed by atoms with E-state index in [2.05, 4.69) is 4.90 Å². The Labute approximate surface area is 175 Å². The number of benzene rings is 2. The molecule has 0 saturated carbocycles. The maximum Gasteiger partial charge on any atom is 0.264 e. The number of carbonyl (C=O) groups excluding carboxylic acids is 1. The van der Waals surface area contributed by atoms with Crippen LogP contribution >= 0.6 is 23.2 Å². The van der Waals surface area contributed by atoms with Crippen LogP contribution in [0.5, 0.6) is 0 Å². The summed E-state index contributed by atoms with van der Waals surface area (Å²) in [4.78, 5) is 16.5. The summed E-state index contributed by atoms with van der Waals surface area (Å²) < 4.78 is 0. The molecule has 0 aromatic heterocycles. The molecule has 1 heterocycles. The van der Waals surface area contributed by atoms with Crippen LogP contribution in [0.2, 0.25) is 10.0 Å². The summed E-state index contributed by atoms with van der Waals surface area (Å²) in [5, 5.41) is 10.5. The lowest BCUT2D eigenvalue weighted by atomic mass is 9.96. The van der Waals surface area contributed by atoms with E-state index in [1.54, 1.807) is 17.9 Å². The molecule has 2 aromatic carbocycles. The SMILES string of the molecule is C/C=C(\C#N)C(=O)N1CCN(C(c2ccc(Cl)cc2)c2ccc(Cl)cc2)CC1. The Balaban J connectivity index is 1.82. The van der Waals surface area contributed by atoms with Gasteiger partial charge in [0.05, 0.1) is 6.04 Å². The minimum absolute atomic E-state index is 0.0453. The van der Waals surface area contributed by atoms with Crippen molar-refractivity contribution in [3.8, 4) is 6.07 Å². The van der Waals surface area contributed by atoms with Crippen LogP contribution in [0.3, 0.4) is 0 Å². The van der Waals surface area contributed by atoms with Crippen LogP contribution in [0.15, 0.2) is 60.2 Å². The molecule has 0 unspecified atom stereocenters. The topological polar surface area (TPSA) is 47.3 Å². The molecule has 0 aliphatic carbocycles. The number of hydrogen-bond donors (Lipinski definition) is 0. The van der Waals surface area contributed by atoms with Crippen molar-refractivity contribution < 1.29 is 4.79 Å². The Hall–Kier alpha value is -2.32. The highest BCUT2D eigenvalue weighted by Gasteiger charge is 2.29. The van der Waals surface area contributed by atoms with Crippen molar-refractivity contribution in [1.82, 2.24) is 9.80 Å². The van der Waals surface area contributed by atoms with Crippen molar-refractivity contribution in [2.75, 3.05) is 26.2 Å². The van der Waals surface area contributed by atoms with E-state index in [1.807, 2.05) is 54.6 Å². The van der Waals surface area contributed by atoms with Crippen LogP contribution in [-0.4, -0.2) is 41.9 Å². The predicted molar refractivity (Wildman–Crippen MR) is 112 cm³/mol. The van der Waals surface area contributed by atoms with E-state index in [9.17, 15) is 4.79 Å². The van der Waals surface area contributed by atoms with E-state index in [-0.39, 0.29) is 17.5 Å². The molecule has 3 rings (SSSR count). The van der Waals surface area contributed by atoms with Crippen molar-refractivity contribution in [2.45, 2.75) is 13.0 Å². The van der Waals surface area contributed by atoms with Gasteiger partial charge in [-0.3, -0.25) is 9.69 Å². The van der Waals surface area contributed by atoms with Crippen LogP contribution in [0.1, 0.15) is 24.1 Å². The zero-order valence-electron chi connectivity index (χ0n) is 15.6. The molecule has 28 heavy (non-hydrogen) atoms. The summed E-state index contributed by atoms with van der Waals surface area (Å²) >= 11 is 12.1. The number of nitriles is 1. The molecule has 0 bridgehead atoms. The lowest BCUT2D eigenvalue weighted by Gasteiger charge is -2.39. The van der Waals surface area contributed by atoms with Gasteiger partial charge in [0.2, 0.25) is 0 Å². The molecular formula is C22H21Cl2N3O. The molecular weight excluding hydrogens is 393 g/mol. The Morgan fingerprint density at radius 3 is 1.82 bits per heavy atom. The normalized spacial score (nSPS) is 15.5. The monoisotopic (exact) mass is 413 g/mol. The fourth-order valence-corrected chi connectivity index (χ4v) is 3.75. The fraction of sp³-hybridized carbons (Fsp3) is 0.273. The van der Waals surface area contributed by atoms with Crippen molar-refractivity contribution in [3.63, 3.8) is 0 Å². The van der Waals surface area contributed by atoms with Gasteiger partial charge in [-0.2, -0.15) is 5.26 Å². The quantitative estimate of drug-likeness (QED) is 0.539. The predicted octanol–water partition coefficient (Wildman–Crippen LogP) is 4.70. The third-order valence-electron chi connectivity index (χ3n) is 4.98. The largest absolute Gasteiger partial charge is 0.335 e. The van der Waals surface area contributed by atoms with Gasteiger partial charge in [0.15, 0.2) is 0 Å². The number of carbonyl (C=O) groups is 1. The molecule has 6 heteroatoms. The van der Waals surface area contributed by atoms with Gasteiger partial charge in [-0.05, 0) is 42.3 Å². The van der Waals surface area contributed by atoms with Crippen LogP contribution < -0.4 is 0 Å². The van der Waals surface area contributed by atoms with Crippen LogP contribution in [0.4, 0.5) is 0 Å². The highest BCUT2D eigenvalue weighted by Crippen LogP contribution is 2.31. The summed E-state index contributed by atoms with van der Waals surface area (Å²) in [6.07, 6.45) is 1.57. The summed E-state index contributed by atoms with van der Waals surface area (Å²) in [5.74, 6) is -0.195. The Kier molecular flexibility index (Phi) is 6.74. The smallest absolute Gasteiger partial charge is 0.264 e. The third kappa shape index (κ3) is 4.56. The highest BCUT2D eigenvalue weighted by atomic mass is 35.5. The highest BCUT2D eigenvalue weighted by molar-refractivity contribution is 6.30. The number of nitrogens with zero attached hydrogens (tertiary/aromatic N) is 3. The van der Waals surface area contributed by atoms with E-state index in [0.29, 0.717) is 36.2 Å². The average Bonchev–Trinajstić information content (AvgIpc) is 2.72. The second kappa shape index (κ2) is 9.25. The molecule has 1 aliphatic rings. The molecule has 144 valence electrons. The van der Waals surface area contributed by atoms with Gasteiger partial charge in [0, 0.05) is 36.2 Å². The molecule has 2 aromatic rings. The van der Waals surface area contributed by atoms with Crippen LogP contribution in [-0.2, 0) is 4.79 Å². The van der Waals surface area contributed by atoms with Crippen LogP contribution in [0.25, 0.3) is 0 Å². The summed E-state index contributed by atoms with van der Waals surface area (Å²) in [5.41, 5.74) is 2.47. The van der Waals surface area contributed by atoms with E-state index in [1.165, 1.54) is 0 Å². The van der Waals surface area contributed by atoms with Crippen molar-refractivity contribution in [2.24, 2.45) is 0 Å². The van der Waals surface area contributed by atoms with E-state index in [0.717, 1.165) is 11.1 Å². The number of rotatable bonds is 4. The molecule has 1 saturated heterocycles. The van der Waals surface area contributed by atoms with Crippen molar-refractivity contribution in [1.29, 1.82) is 5.26 Å². The Bertz CT molecular complexity index is 847. The molecule has 0 spiro atoms. The maximum atomic E-state index is 12.4. The molecule has 1 fully saturated rings. The third-order valence-corrected chi connectivity index (χ3v) is 5.48. The van der Waals surface area contributed by atoms with Crippen molar-refractivity contribution >= 4 is 29.1 Å². The van der Waals surface area contributed by atoms with E-state index < -0.39 is 0 Å².